The highest BCUT2D eigenvalue weighted by Gasteiger charge is 2.03. The van der Waals surface area contributed by atoms with Crippen LogP contribution in [0.2, 0.25) is 0 Å². The van der Waals surface area contributed by atoms with Gasteiger partial charge in [-0.15, -0.1) is 12.3 Å². The summed E-state index contributed by atoms with van der Waals surface area (Å²) in [4.78, 5) is 15.7. The van der Waals surface area contributed by atoms with Crippen LogP contribution < -0.4 is 5.32 Å². The molecule has 3 nitrogen and oxygen atoms in total. The van der Waals surface area contributed by atoms with Crippen LogP contribution in [0.25, 0.3) is 0 Å². The molecule has 1 aromatic heterocycles. The molecule has 0 atom stereocenters. The molecule has 0 aliphatic heterocycles. The number of unbranched alkanes of at least 4 members (excludes halogenated alkanes) is 2. The Bertz CT molecular complexity index is 376. The number of aromatic nitrogens is 1. The summed E-state index contributed by atoms with van der Waals surface area (Å²) in [7, 11) is 0. The molecule has 0 spiro atoms. The van der Waals surface area contributed by atoms with E-state index in [1.807, 2.05) is 13.0 Å². The Kier molecular flexibility index (Phi) is 5.07. The summed E-state index contributed by atoms with van der Waals surface area (Å²) in [6, 6.07) is 3.60. The van der Waals surface area contributed by atoms with E-state index in [1.165, 1.54) is 0 Å². The van der Waals surface area contributed by atoms with Crippen LogP contribution in [-0.2, 0) is 0 Å². The van der Waals surface area contributed by atoms with Crippen LogP contribution in [0.4, 0.5) is 0 Å². The molecule has 16 heavy (non-hydrogen) atoms. The number of nitrogens with zero attached hydrogens (tertiary/aromatic N) is 1. The zero-order chi connectivity index (χ0) is 11.8. The summed E-state index contributed by atoms with van der Waals surface area (Å²) in [5, 5.41) is 2.83. The average Bonchev–Trinajstić information content (AvgIpc) is 2.29. The van der Waals surface area contributed by atoms with Gasteiger partial charge < -0.3 is 5.32 Å². The van der Waals surface area contributed by atoms with Crippen molar-refractivity contribution in [3.05, 3.63) is 29.6 Å². The molecule has 0 aliphatic rings. The molecule has 1 amide bonds. The molecule has 1 N–H and O–H groups in total. The van der Waals surface area contributed by atoms with Gasteiger partial charge in [0.05, 0.1) is 5.56 Å². The van der Waals surface area contributed by atoms with Crippen LogP contribution in [0.3, 0.4) is 0 Å². The summed E-state index contributed by atoms with van der Waals surface area (Å²) in [5.41, 5.74) is 1.51. The molecule has 0 aromatic carbocycles. The lowest BCUT2D eigenvalue weighted by Gasteiger charge is -2.04. The second kappa shape index (κ2) is 6.62. The van der Waals surface area contributed by atoms with Crippen molar-refractivity contribution in [3.8, 4) is 12.3 Å². The Labute approximate surface area is 96.3 Å². The normalized spacial score (nSPS) is 9.50. The van der Waals surface area contributed by atoms with E-state index in [0.717, 1.165) is 25.0 Å². The van der Waals surface area contributed by atoms with E-state index in [4.69, 9.17) is 6.42 Å². The zero-order valence-corrected chi connectivity index (χ0v) is 9.49. The first kappa shape index (κ1) is 12.3. The maximum atomic E-state index is 11.6. The van der Waals surface area contributed by atoms with Crippen molar-refractivity contribution >= 4 is 5.91 Å². The Balaban J connectivity index is 2.30. The monoisotopic (exact) mass is 216 g/mol. The first-order chi connectivity index (χ1) is 7.74. The van der Waals surface area contributed by atoms with Crippen molar-refractivity contribution in [1.29, 1.82) is 0 Å². The molecular weight excluding hydrogens is 200 g/mol. The van der Waals surface area contributed by atoms with Crippen molar-refractivity contribution in [2.45, 2.75) is 26.2 Å². The second-order valence-electron chi connectivity index (χ2n) is 3.61. The van der Waals surface area contributed by atoms with Gasteiger partial charge in [0.1, 0.15) is 0 Å². The third kappa shape index (κ3) is 4.14. The Hall–Kier alpha value is -1.82. The topological polar surface area (TPSA) is 42.0 Å². The third-order valence-electron chi connectivity index (χ3n) is 2.21. The van der Waals surface area contributed by atoms with Crippen molar-refractivity contribution in [1.82, 2.24) is 10.3 Å². The highest BCUT2D eigenvalue weighted by atomic mass is 16.1. The first-order valence-electron chi connectivity index (χ1n) is 5.38. The third-order valence-corrected chi connectivity index (χ3v) is 2.21. The van der Waals surface area contributed by atoms with E-state index in [0.29, 0.717) is 12.1 Å². The lowest BCUT2D eigenvalue weighted by molar-refractivity contribution is 0.0952. The van der Waals surface area contributed by atoms with Gasteiger partial charge in [0.15, 0.2) is 0 Å². The maximum Gasteiger partial charge on any atom is 0.252 e. The van der Waals surface area contributed by atoms with Crippen molar-refractivity contribution in [2.75, 3.05) is 6.54 Å². The number of pyridine rings is 1. The largest absolute Gasteiger partial charge is 0.352 e. The first-order valence-corrected chi connectivity index (χ1v) is 5.38. The molecule has 3 heteroatoms. The van der Waals surface area contributed by atoms with Crippen molar-refractivity contribution < 1.29 is 4.79 Å². The van der Waals surface area contributed by atoms with Crippen LogP contribution in [-0.4, -0.2) is 17.4 Å². The number of carbonyl (C=O) groups excluding carboxylic acids is 1. The van der Waals surface area contributed by atoms with Crippen LogP contribution in [0.1, 0.15) is 35.3 Å². The summed E-state index contributed by atoms with van der Waals surface area (Å²) in [6.07, 6.45) is 9.34. The lowest BCUT2D eigenvalue weighted by Crippen LogP contribution is -2.24. The van der Waals surface area contributed by atoms with Gasteiger partial charge in [-0.3, -0.25) is 9.78 Å². The van der Waals surface area contributed by atoms with E-state index in [9.17, 15) is 4.79 Å². The predicted octanol–water partition coefficient (Wildman–Crippen LogP) is 1.92. The molecule has 0 bridgehead atoms. The molecule has 0 radical (unpaired) electrons. The number of terminal acetylenes is 1. The van der Waals surface area contributed by atoms with E-state index < -0.39 is 0 Å². The standard InChI is InChI=1S/C13H16N2O/c1-3-4-5-6-9-14-13(16)12-8-7-11(2)15-10-12/h1,7-8,10H,4-6,9H2,2H3,(H,14,16). The fourth-order valence-corrected chi connectivity index (χ4v) is 1.26. The smallest absolute Gasteiger partial charge is 0.252 e. The quantitative estimate of drug-likeness (QED) is 0.603. The van der Waals surface area contributed by atoms with Crippen LogP contribution >= 0.6 is 0 Å². The van der Waals surface area contributed by atoms with Gasteiger partial charge in [-0.25, -0.2) is 0 Å². The van der Waals surface area contributed by atoms with E-state index in [-0.39, 0.29) is 5.91 Å². The SMILES string of the molecule is C#CCCCCNC(=O)c1ccc(C)nc1. The Morgan fingerprint density at radius 3 is 2.94 bits per heavy atom. The lowest BCUT2D eigenvalue weighted by atomic mass is 10.2. The minimum absolute atomic E-state index is 0.0757. The average molecular weight is 216 g/mol. The fraction of sp³-hybridized carbons (Fsp3) is 0.385. The van der Waals surface area contributed by atoms with Crippen LogP contribution in [0.5, 0.6) is 0 Å². The number of rotatable bonds is 5. The van der Waals surface area contributed by atoms with Gasteiger partial charge in [-0.2, -0.15) is 0 Å². The minimum Gasteiger partial charge on any atom is -0.352 e. The zero-order valence-electron chi connectivity index (χ0n) is 9.49. The summed E-state index contributed by atoms with van der Waals surface area (Å²) < 4.78 is 0. The maximum absolute atomic E-state index is 11.6. The second-order valence-corrected chi connectivity index (χ2v) is 3.61. The molecule has 0 aliphatic carbocycles. The van der Waals surface area contributed by atoms with E-state index in [1.54, 1.807) is 12.3 Å². The molecule has 0 fully saturated rings. The van der Waals surface area contributed by atoms with Gasteiger partial charge in [0.25, 0.3) is 5.91 Å². The van der Waals surface area contributed by atoms with E-state index in [2.05, 4.69) is 16.2 Å². The number of aryl methyl sites for hydroxylation is 1. The van der Waals surface area contributed by atoms with Crippen LogP contribution in [0.15, 0.2) is 18.3 Å². The number of hydrogen-bond donors (Lipinski definition) is 1. The number of amides is 1. The molecule has 0 saturated heterocycles. The highest BCUT2D eigenvalue weighted by Crippen LogP contribution is 1.99. The molecule has 1 aromatic rings. The molecule has 1 heterocycles. The van der Waals surface area contributed by atoms with Crippen LogP contribution in [0, 0.1) is 19.3 Å². The Morgan fingerprint density at radius 2 is 2.31 bits per heavy atom. The van der Waals surface area contributed by atoms with Gasteiger partial charge in [-0.1, -0.05) is 0 Å². The van der Waals surface area contributed by atoms with Gasteiger partial charge in [0.2, 0.25) is 0 Å². The highest BCUT2D eigenvalue weighted by molar-refractivity contribution is 5.93. The molecule has 1 rings (SSSR count). The summed E-state index contributed by atoms with van der Waals surface area (Å²) in [5.74, 6) is 2.50. The fourth-order valence-electron chi connectivity index (χ4n) is 1.26. The van der Waals surface area contributed by atoms with Crippen molar-refractivity contribution in [2.24, 2.45) is 0 Å². The molecule has 0 unspecified atom stereocenters. The minimum atomic E-state index is -0.0757. The summed E-state index contributed by atoms with van der Waals surface area (Å²) >= 11 is 0. The van der Waals surface area contributed by atoms with Gasteiger partial charge in [-0.05, 0) is 31.9 Å². The number of nitrogens with one attached hydrogen (secondary N) is 1. The molecule has 0 saturated carbocycles. The van der Waals surface area contributed by atoms with E-state index >= 15 is 0 Å². The molecule has 84 valence electrons. The van der Waals surface area contributed by atoms with Crippen molar-refractivity contribution in [3.63, 3.8) is 0 Å². The summed E-state index contributed by atoms with van der Waals surface area (Å²) in [6.45, 7) is 2.55. The predicted molar refractivity (Wildman–Crippen MR) is 64.0 cm³/mol. The number of hydrogen-bond acceptors (Lipinski definition) is 2. The van der Waals surface area contributed by atoms with Gasteiger partial charge >= 0.3 is 0 Å². The Morgan fingerprint density at radius 1 is 1.50 bits per heavy atom. The number of carbonyl (C=O) groups is 1. The van der Waals surface area contributed by atoms with Gasteiger partial charge in [0, 0.05) is 24.9 Å². The molecular formula is C13H16N2O.